The van der Waals surface area contributed by atoms with Crippen molar-refractivity contribution < 1.29 is 4.74 Å². The zero-order valence-corrected chi connectivity index (χ0v) is 15.7. The van der Waals surface area contributed by atoms with Crippen molar-refractivity contribution in [2.24, 2.45) is 4.99 Å². The molecule has 26 heavy (non-hydrogen) atoms. The third-order valence-electron chi connectivity index (χ3n) is 4.25. The molecule has 7 heteroatoms. The smallest absolute Gasteiger partial charge is 0.191 e. The highest BCUT2D eigenvalue weighted by Gasteiger charge is 2.15. The number of hydrogen-bond donors (Lipinski definition) is 2. The molecule has 2 N–H and O–H groups in total. The summed E-state index contributed by atoms with van der Waals surface area (Å²) in [5, 5.41) is 7.40. The highest BCUT2D eigenvalue weighted by Crippen LogP contribution is 2.18. The van der Waals surface area contributed by atoms with Crippen LogP contribution in [0.2, 0.25) is 5.02 Å². The van der Waals surface area contributed by atoms with E-state index in [4.69, 9.17) is 16.3 Å². The van der Waals surface area contributed by atoms with Crippen LogP contribution in [0.5, 0.6) is 0 Å². The molecule has 138 valence electrons. The van der Waals surface area contributed by atoms with Crippen LogP contribution in [0.3, 0.4) is 0 Å². The van der Waals surface area contributed by atoms with Gasteiger partial charge in [0.2, 0.25) is 0 Å². The van der Waals surface area contributed by atoms with Crippen molar-refractivity contribution in [3.8, 4) is 0 Å². The maximum atomic E-state index is 6.21. The Balaban J connectivity index is 1.59. The van der Waals surface area contributed by atoms with E-state index in [9.17, 15) is 0 Å². The van der Waals surface area contributed by atoms with Gasteiger partial charge in [-0.15, -0.1) is 0 Å². The monoisotopic (exact) mass is 373 g/mol. The normalized spacial score (nSPS) is 15.0. The number of benzene rings is 1. The van der Waals surface area contributed by atoms with Crippen molar-refractivity contribution in [2.75, 3.05) is 38.3 Å². The second kappa shape index (κ2) is 9.40. The lowest BCUT2D eigenvalue weighted by atomic mass is 10.2. The van der Waals surface area contributed by atoms with Crippen molar-refractivity contribution in [1.29, 1.82) is 0 Å². The number of ether oxygens (including phenoxy) is 1. The predicted octanol–water partition coefficient (Wildman–Crippen LogP) is 2.44. The topological polar surface area (TPSA) is 61.8 Å². The van der Waals surface area contributed by atoms with Gasteiger partial charge in [-0.3, -0.25) is 4.99 Å². The minimum Gasteiger partial charge on any atom is -0.378 e. The first-order valence-corrected chi connectivity index (χ1v) is 9.10. The van der Waals surface area contributed by atoms with Gasteiger partial charge in [0.25, 0.3) is 0 Å². The SMILES string of the molecule is CN=C(NCc1ccccc1Cl)NCc1cccnc1N1CCOCC1. The molecule has 2 aromatic rings. The second-order valence-corrected chi connectivity index (χ2v) is 6.36. The Morgan fingerprint density at radius 2 is 1.81 bits per heavy atom. The number of hydrogen-bond acceptors (Lipinski definition) is 4. The molecule has 0 saturated carbocycles. The number of rotatable bonds is 5. The quantitative estimate of drug-likeness (QED) is 0.622. The first-order valence-electron chi connectivity index (χ1n) is 8.72. The Kier molecular flexibility index (Phi) is 6.68. The van der Waals surface area contributed by atoms with Crippen LogP contribution in [0.4, 0.5) is 5.82 Å². The summed E-state index contributed by atoms with van der Waals surface area (Å²) < 4.78 is 5.44. The van der Waals surface area contributed by atoms with E-state index in [-0.39, 0.29) is 0 Å². The average Bonchev–Trinajstić information content (AvgIpc) is 2.70. The van der Waals surface area contributed by atoms with Crippen molar-refractivity contribution in [3.05, 3.63) is 58.7 Å². The lowest BCUT2D eigenvalue weighted by Crippen LogP contribution is -2.39. The van der Waals surface area contributed by atoms with Crippen LogP contribution in [0.25, 0.3) is 0 Å². The van der Waals surface area contributed by atoms with E-state index in [0.717, 1.165) is 54.2 Å². The number of guanidine groups is 1. The first kappa shape index (κ1) is 18.5. The second-order valence-electron chi connectivity index (χ2n) is 5.96. The Morgan fingerprint density at radius 3 is 2.54 bits per heavy atom. The third kappa shape index (κ3) is 4.86. The largest absolute Gasteiger partial charge is 0.378 e. The average molecular weight is 374 g/mol. The summed E-state index contributed by atoms with van der Waals surface area (Å²) in [6.45, 7) is 4.47. The van der Waals surface area contributed by atoms with E-state index in [1.165, 1.54) is 0 Å². The van der Waals surface area contributed by atoms with Crippen molar-refractivity contribution >= 4 is 23.4 Å². The molecule has 0 aliphatic carbocycles. The molecular weight excluding hydrogens is 350 g/mol. The highest BCUT2D eigenvalue weighted by atomic mass is 35.5. The molecule has 0 bridgehead atoms. The van der Waals surface area contributed by atoms with Crippen LogP contribution in [-0.4, -0.2) is 44.3 Å². The number of halogens is 1. The molecule has 0 unspecified atom stereocenters. The summed E-state index contributed by atoms with van der Waals surface area (Å²) in [4.78, 5) is 11.1. The lowest BCUT2D eigenvalue weighted by molar-refractivity contribution is 0.122. The van der Waals surface area contributed by atoms with Crippen LogP contribution in [0.15, 0.2) is 47.6 Å². The van der Waals surface area contributed by atoms with Gasteiger partial charge in [0.15, 0.2) is 5.96 Å². The van der Waals surface area contributed by atoms with E-state index >= 15 is 0 Å². The molecule has 1 aromatic carbocycles. The molecule has 3 rings (SSSR count). The van der Waals surface area contributed by atoms with E-state index < -0.39 is 0 Å². The van der Waals surface area contributed by atoms with Gasteiger partial charge < -0.3 is 20.3 Å². The molecule has 0 spiro atoms. The fourth-order valence-electron chi connectivity index (χ4n) is 2.85. The fourth-order valence-corrected chi connectivity index (χ4v) is 3.05. The highest BCUT2D eigenvalue weighted by molar-refractivity contribution is 6.31. The molecule has 6 nitrogen and oxygen atoms in total. The number of aliphatic imine (C=N–C) groups is 1. The number of pyridine rings is 1. The fraction of sp³-hybridized carbons (Fsp3) is 0.368. The van der Waals surface area contributed by atoms with E-state index in [2.05, 4.69) is 31.6 Å². The first-order chi connectivity index (χ1) is 12.8. The van der Waals surface area contributed by atoms with Crippen molar-refractivity contribution in [3.63, 3.8) is 0 Å². The van der Waals surface area contributed by atoms with Crippen LogP contribution in [-0.2, 0) is 17.8 Å². The maximum Gasteiger partial charge on any atom is 0.191 e. The molecule has 2 heterocycles. The predicted molar refractivity (Wildman–Crippen MR) is 106 cm³/mol. The summed E-state index contributed by atoms with van der Waals surface area (Å²) in [6.07, 6.45) is 1.83. The summed E-state index contributed by atoms with van der Waals surface area (Å²) in [5.41, 5.74) is 2.17. The molecule has 0 amide bonds. The van der Waals surface area contributed by atoms with E-state index in [1.54, 1.807) is 7.05 Å². The Labute approximate surface area is 159 Å². The summed E-state index contributed by atoms with van der Waals surface area (Å²) >= 11 is 6.21. The number of nitrogens with one attached hydrogen (secondary N) is 2. The summed E-state index contributed by atoms with van der Waals surface area (Å²) in [7, 11) is 1.76. The Morgan fingerprint density at radius 1 is 1.12 bits per heavy atom. The van der Waals surface area contributed by atoms with Crippen molar-refractivity contribution in [2.45, 2.75) is 13.1 Å². The van der Waals surface area contributed by atoms with Gasteiger partial charge in [-0.05, 0) is 17.7 Å². The molecule has 1 aliphatic heterocycles. The van der Waals surface area contributed by atoms with Crippen LogP contribution >= 0.6 is 11.6 Å². The van der Waals surface area contributed by atoms with Gasteiger partial charge >= 0.3 is 0 Å². The molecule has 1 fully saturated rings. The number of nitrogens with zero attached hydrogens (tertiary/aromatic N) is 3. The number of anilines is 1. The molecule has 0 atom stereocenters. The minimum atomic E-state index is 0.614. The van der Waals surface area contributed by atoms with Crippen LogP contribution in [0, 0.1) is 0 Å². The molecule has 1 saturated heterocycles. The van der Waals surface area contributed by atoms with Crippen LogP contribution < -0.4 is 15.5 Å². The van der Waals surface area contributed by atoms with Crippen molar-refractivity contribution in [1.82, 2.24) is 15.6 Å². The standard InChI is InChI=1S/C19H24ClN5O/c1-21-19(23-13-15-5-2-3-7-17(15)20)24-14-16-6-4-8-22-18(16)25-9-11-26-12-10-25/h2-8H,9-14H2,1H3,(H2,21,23,24). The van der Waals surface area contributed by atoms with Gasteiger partial charge in [-0.1, -0.05) is 35.9 Å². The van der Waals surface area contributed by atoms with E-state index in [0.29, 0.717) is 13.1 Å². The molecule has 0 radical (unpaired) electrons. The van der Waals surface area contributed by atoms with Gasteiger partial charge in [0.05, 0.1) is 13.2 Å². The van der Waals surface area contributed by atoms with Gasteiger partial charge in [0, 0.05) is 50.0 Å². The van der Waals surface area contributed by atoms with Gasteiger partial charge in [0.1, 0.15) is 5.82 Å². The maximum absolute atomic E-state index is 6.21. The van der Waals surface area contributed by atoms with Crippen LogP contribution in [0.1, 0.15) is 11.1 Å². The Bertz CT molecular complexity index is 746. The summed E-state index contributed by atoms with van der Waals surface area (Å²) in [5.74, 6) is 1.73. The summed E-state index contributed by atoms with van der Waals surface area (Å²) in [6, 6.07) is 11.8. The zero-order valence-electron chi connectivity index (χ0n) is 14.9. The molecular formula is C19H24ClN5O. The Hall–Kier alpha value is -2.31. The molecule has 1 aliphatic rings. The molecule has 1 aromatic heterocycles. The lowest BCUT2D eigenvalue weighted by Gasteiger charge is -2.29. The van der Waals surface area contributed by atoms with E-state index in [1.807, 2.05) is 36.5 Å². The number of morpholine rings is 1. The van der Waals surface area contributed by atoms with Gasteiger partial charge in [-0.25, -0.2) is 4.98 Å². The third-order valence-corrected chi connectivity index (χ3v) is 4.62. The zero-order chi connectivity index (χ0) is 18.2. The number of aromatic nitrogens is 1. The minimum absolute atomic E-state index is 0.614. The van der Waals surface area contributed by atoms with Gasteiger partial charge in [-0.2, -0.15) is 0 Å².